The fourth-order valence-corrected chi connectivity index (χ4v) is 1.98. The van der Waals surface area contributed by atoms with Gasteiger partial charge in [-0.05, 0) is 52.4 Å². The number of benzene rings is 2. The summed E-state index contributed by atoms with van der Waals surface area (Å²) in [5.41, 5.74) is 1.91. The minimum absolute atomic E-state index is 0.477. The lowest BCUT2D eigenvalue weighted by Crippen LogP contribution is -1.97. The lowest BCUT2D eigenvalue weighted by Gasteiger charge is -2.07. The standard InChI is InChI=1S/C14H11ClN4O/c15-12-3-1-2-11(8-12)9-20-14-6-4-13(5-7-14)19-10-16-17-18-19/h1-8,10H,9H2. The SMILES string of the molecule is Clc1cccc(COc2ccc(-n3cnnn3)cc2)c1. The Morgan fingerprint density at radius 1 is 1.10 bits per heavy atom. The molecular weight excluding hydrogens is 276 g/mol. The second-order valence-electron chi connectivity index (χ2n) is 4.17. The Hall–Kier alpha value is -2.40. The van der Waals surface area contributed by atoms with E-state index in [-0.39, 0.29) is 0 Å². The summed E-state index contributed by atoms with van der Waals surface area (Å²) >= 11 is 5.93. The van der Waals surface area contributed by atoms with Crippen molar-refractivity contribution in [3.05, 3.63) is 65.4 Å². The zero-order valence-electron chi connectivity index (χ0n) is 10.5. The van der Waals surface area contributed by atoms with Gasteiger partial charge in [-0.25, -0.2) is 4.68 Å². The number of hydrogen-bond acceptors (Lipinski definition) is 4. The van der Waals surface area contributed by atoms with Gasteiger partial charge in [0.05, 0.1) is 5.69 Å². The summed E-state index contributed by atoms with van der Waals surface area (Å²) in [6.07, 6.45) is 1.54. The molecule has 0 aliphatic carbocycles. The van der Waals surface area contributed by atoms with Gasteiger partial charge in [-0.1, -0.05) is 23.7 Å². The van der Waals surface area contributed by atoms with E-state index in [9.17, 15) is 0 Å². The van der Waals surface area contributed by atoms with Crippen molar-refractivity contribution >= 4 is 11.6 Å². The third kappa shape index (κ3) is 2.95. The molecule has 3 aromatic rings. The second kappa shape index (κ2) is 5.71. The molecule has 5 nitrogen and oxygen atoms in total. The highest BCUT2D eigenvalue weighted by atomic mass is 35.5. The number of halogens is 1. The summed E-state index contributed by atoms with van der Waals surface area (Å²) in [5, 5.41) is 11.7. The predicted molar refractivity (Wildman–Crippen MR) is 74.9 cm³/mol. The van der Waals surface area contributed by atoms with Crippen molar-refractivity contribution in [3.63, 3.8) is 0 Å². The Morgan fingerprint density at radius 3 is 2.65 bits per heavy atom. The maximum absolute atomic E-state index is 5.93. The first-order valence-corrected chi connectivity index (χ1v) is 6.40. The van der Waals surface area contributed by atoms with E-state index in [0.29, 0.717) is 11.6 Å². The topological polar surface area (TPSA) is 52.8 Å². The van der Waals surface area contributed by atoms with Crippen LogP contribution in [-0.4, -0.2) is 20.2 Å². The van der Waals surface area contributed by atoms with Crippen molar-refractivity contribution in [2.24, 2.45) is 0 Å². The molecule has 1 aromatic heterocycles. The van der Waals surface area contributed by atoms with Crippen LogP contribution in [0.4, 0.5) is 0 Å². The van der Waals surface area contributed by atoms with E-state index in [2.05, 4.69) is 15.5 Å². The van der Waals surface area contributed by atoms with Gasteiger partial charge in [0, 0.05) is 5.02 Å². The van der Waals surface area contributed by atoms with E-state index in [0.717, 1.165) is 17.0 Å². The summed E-state index contributed by atoms with van der Waals surface area (Å²) in [7, 11) is 0. The highest BCUT2D eigenvalue weighted by Gasteiger charge is 2.00. The maximum Gasteiger partial charge on any atom is 0.143 e. The summed E-state index contributed by atoms with van der Waals surface area (Å²) < 4.78 is 7.28. The van der Waals surface area contributed by atoms with Crippen LogP contribution in [0.25, 0.3) is 5.69 Å². The van der Waals surface area contributed by atoms with Gasteiger partial charge in [0.15, 0.2) is 0 Å². The van der Waals surface area contributed by atoms with Gasteiger partial charge in [0.25, 0.3) is 0 Å². The first-order chi connectivity index (χ1) is 9.81. The quantitative estimate of drug-likeness (QED) is 0.740. The monoisotopic (exact) mass is 286 g/mol. The fourth-order valence-electron chi connectivity index (χ4n) is 1.77. The molecule has 0 saturated carbocycles. The zero-order valence-corrected chi connectivity index (χ0v) is 11.2. The molecule has 1 heterocycles. The molecule has 0 bridgehead atoms. The number of nitrogens with zero attached hydrogens (tertiary/aromatic N) is 4. The fraction of sp³-hybridized carbons (Fsp3) is 0.0714. The van der Waals surface area contributed by atoms with Crippen LogP contribution in [0.1, 0.15) is 5.56 Å². The first kappa shape index (κ1) is 12.6. The number of tetrazole rings is 1. The molecule has 0 fully saturated rings. The van der Waals surface area contributed by atoms with E-state index in [1.807, 2.05) is 48.5 Å². The highest BCUT2D eigenvalue weighted by Crippen LogP contribution is 2.17. The van der Waals surface area contributed by atoms with Crippen LogP contribution in [0.3, 0.4) is 0 Å². The molecule has 0 saturated heterocycles. The molecule has 0 radical (unpaired) electrons. The van der Waals surface area contributed by atoms with Gasteiger partial charge in [-0.2, -0.15) is 0 Å². The normalized spacial score (nSPS) is 10.4. The van der Waals surface area contributed by atoms with Crippen LogP contribution in [0.5, 0.6) is 5.75 Å². The van der Waals surface area contributed by atoms with Crippen LogP contribution >= 0.6 is 11.6 Å². The Balaban J connectivity index is 1.67. The van der Waals surface area contributed by atoms with Crippen LogP contribution in [0.15, 0.2) is 54.9 Å². The van der Waals surface area contributed by atoms with Crippen molar-refractivity contribution in [2.75, 3.05) is 0 Å². The Bertz CT molecular complexity index is 683. The molecule has 6 heteroatoms. The largest absolute Gasteiger partial charge is 0.489 e. The zero-order chi connectivity index (χ0) is 13.8. The van der Waals surface area contributed by atoms with E-state index in [1.165, 1.54) is 0 Å². The number of rotatable bonds is 4. The average Bonchev–Trinajstić information content (AvgIpc) is 3.00. The Kier molecular flexibility index (Phi) is 3.60. The molecule has 0 unspecified atom stereocenters. The van der Waals surface area contributed by atoms with Crippen LogP contribution in [0, 0.1) is 0 Å². The summed E-state index contributed by atoms with van der Waals surface area (Å²) in [6, 6.07) is 15.1. The number of ether oxygens (including phenoxy) is 1. The van der Waals surface area contributed by atoms with Crippen molar-refractivity contribution in [2.45, 2.75) is 6.61 Å². The molecule has 100 valence electrons. The van der Waals surface area contributed by atoms with Gasteiger partial charge in [0.2, 0.25) is 0 Å². The van der Waals surface area contributed by atoms with Crippen molar-refractivity contribution in [1.29, 1.82) is 0 Å². The lowest BCUT2D eigenvalue weighted by atomic mass is 10.2. The molecule has 0 atom stereocenters. The molecular formula is C14H11ClN4O. The molecule has 0 amide bonds. The third-order valence-corrected chi connectivity index (χ3v) is 2.98. The lowest BCUT2D eigenvalue weighted by molar-refractivity contribution is 0.306. The van der Waals surface area contributed by atoms with Gasteiger partial charge in [-0.15, -0.1) is 5.10 Å². The number of aromatic nitrogens is 4. The van der Waals surface area contributed by atoms with E-state index >= 15 is 0 Å². The second-order valence-corrected chi connectivity index (χ2v) is 4.60. The first-order valence-electron chi connectivity index (χ1n) is 6.02. The molecule has 0 spiro atoms. The maximum atomic E-state index is 5.93. The van der Waals surface area contributed by atoms with E-state index in [1.54, 1.807) is 11.0 Å². The van der Waals surface area contributed by atoms with Crippen LogP contribution < -0.4 is 4.74 Å². The van der Waals surface area contributed by atoms with E-state index < -0.39 is 0 Å². The molecule has 2 aromatic carbocycles. The summed E-state index contributed by atoms with van der Waals surface area (Å²) in [4.78, 5) is 0. The minimum Gasteiger partial charge on any atom is -0.489 e. The van der Waals surface area contributed by atoms with Gasteiger partial charge < -0.3 is 4.74 Å². The Morgan fingerprint density at radius 2 is 1.95 bits per heavy atom. The predicted octanol–water partition coefficient (Wildman–Crippen LogP) is 2.89. The molecule has 3 rings (SSSR count). The van der Waals surface area contributed by atoms with Crippen LogP contribution in [-0.2, 0) is 6.61 Å². The van der Waals surface area contributed by atoms with Crippen LogP contribution in [0.2, 0.25) is 5.02 Å². The summed E-state index contributed by atoms with van der Waals surface area (Å²) in [5.74, 6) is 0.779. The molecule has 0 aliphatic heterocycles. The third-order valence-electron chi connectivity index (χ3n) is 2.74. The Labute approximate surface area is 120 Å². The number of hydrogen-bond donors (Lipinski definition) is 0. The minimum atomic E-state index is 0.477. The van der Waals surface area contributed by atoms with Gasteiger partial charge >= 0.3 is 0 Å². The molecule has 0 aliphatic rings. The molecule has 0 N–H and O–H groups in total. The van der Waals surface area contributed by atoms with E-state index in [4.69, 9.17) is 16.3 Å². The van der Waals surface area contributed by atoms with Gasteiger partial charge in [-0.3, -0.25) is 0 Å². The van der Waals surface area contributed by atoms with Gasteiger partial charge in [0.1, 0.15) is 18.7 Å². The van der Waals surface area contributed by atoms with Crippen molar-refractivity contribution < 1.29 is 4.74 Å². The highest BCUT2D eigenvalue weighted by molar-refractivity contribution is 6.30. The summed E-state index contributed by atoms with van der Waals surface area (Å²) in [6.45, 7) is 0.477. The van der Waals surface area contributed by atoms with Crippen molar-refractivity contribution in [3.8, 4) is 11.4 Å². The smallest absolute Gasteiger partial charge is 0.143 e. The molecule has 20 heavy (non-hydrogen) atoms. The average molecular weight is 287 g/mol. The van der Waals surface area contributed by atoms with Crippen molar-refractivity contribution in [1.82, 2.24) is 20.2 Å².